The second-order valence-corrected chi connectivity index (χ2v) is 4.31. The minimum absolute atomic E-state index is 0.270. The Balaban J connectivity index is 3.17. The zero-order chi connectivity index (χ0) is 11.5. The molecule has 0 unspecified atom stereocenters. The second-order valence-electron chi connectivity index (χ2n) is 4.31. The molecule has 15 heavy (non-hydrogen) atoms. The van der Waals surface area contributed by atoms with Crippen molar-refractivity contribution in [2.75, 3.05) is 13.2 Å². The number of nitrogens with one attached hydrogen (secondary N) is 1. The molecule has 0 bridgehead atoms. The van der Waals surface area contributed by atoms with Gasteiger partial charge in [-0.3, -0.25) is 0 Å². The van der Waals surface area contributed by atoms with Gasteiger partial charge in [0.05, 0.1) is 6.61 Å². The standard InChI is InChI=1S/C12H25NO2/c1-4-5-10-15-12(14)13-9-7-6-8-11(2)3/h11H,4-10H2,1-3H3,(H,13,14). The van der Waals surface area contributed by atoms with E-state index in [1.165, 1.54) is 12.8 Å². The Morgan fingerprint density at radius 2 is 2.00 bits per heavy atom. The third kappa shape index (κ3) is 11.2. The molecular weight excluding hydrogens is 190 g/mol. The number of rotatable bonds is 8. The number of ether oxygens (including phenoxy) is 1. The van der Waals surface area contributed by atoms with Gasteiger partial charge < -0.3 is 10.1 Å². The third-order valence-electron chi connectivity index (χ3n) is 2.21. The molecule has 0 heterocycles. The summed E-state index contributed by atoms with van der Waals surface area (Å²) in [6.45, 7) is 7.78. The second kappa shape index (κ2) is 9.81. The number of amides is 1. The lowest BCUT2D eigenvalue weighted by molar-refractivity contribution is 0.144. The van der Waals surface area contributed by atoms with E-state index >= 15 is 0 Å². The fourth-order valence-electron chi connectivity index (χ4n) is 1.23. The minimum Gasteiger partial charge on any atom is -0.450 e. The maximum atomic E-state index is 11.1. The van der Waals surface area contributed by atoms with Gasteiger partial charge in [0.2, 0.25) is 0 Å². The topological polar surface area (TPSA) is 38.3 Å². The molecule has 0 spiro atoms. The van der Waals surface area contributed by atoms with Crippen molar-refractivity contribution < 1.29 is 9.53 Å². The van der Waals surface area contributed by atoms with E-state index in [2.05, 4.69) is 26.1 Å². The summed E-state index contributed by atoms with van der Waals surface area (Å²) in [5.74, 6) is 0.751. The van der Waals surface area contributed by atoms with E-state index in [1.54, 1.807) is 0 Å². The van der Waals surface area contributed by atoms with Crippen molar-refractivity contribution in [1.29, 1.82) is 0 Å². The highest BCUT2D eigenvalue weighted by molar-refractivity contribution is 5.66. The highest BCUT2D eigenvalue weighted by Gasteiger charge is 2.00. The molecule has 0 aliphatic heterocycles. The largest absolute Gasteiger partial charge is 0.450 e. The van der Waals surface area contributed by atoms with Crippen molar-refractivity contribution >= 4 is 6.09 Å². The van der Waals surface area contributed by atoms with Crippen LogP contribution in [0.5, 0.6) is 0 Å². The molecule has 3 heteroatoms. The predicted octanol–water partition coefficient (Wildman–Crippen LogP) is 3.34. The third-order valence-corrected chi connectivity index (χ3v) is 2.21. The Hall–Kier alpha value is -0.730. The molecule has 0 saturated heterocycles. The summed E-state index contributed by atoms with van der Waals surface area (Å²) in [7, 11) is 0. The zero-order valence-electron chi connectivity index (χ0n) is 10.3. The monoisotopic (exact) mass is 215 g/mol. The molecule has 0 rings (SSSR count). The van der Waals surface area contributed by atoms with E-state index in [0.717, 1.165) is 31.7 Å². The maximum absolute atomic E-state index is 11.1. The molecule has 1 amide bonds. The van der Waals surface area contributed by atoms with Gasteiger partial charge in [0.15, 0.2) is 0 Å². The van der Waals surface area contributed by atoms with Crippen LogP contribution in [0.2, 0.25) is 0 Å². The van der Waals surface area contributed by atoms with Gasteiger partial charge in [-0.25, -0.2) is 4.79 Å². The van der Waals surface area contributed by atoms with E-state index in [1.807, 2.05) is 0 Å². The van der Waals surface area contributed by atoms with Gasteiger partial charge in [0.1, 0.15) is 0 Å². The Labute approximate surface area is 93.6 Å². The van der Waals surface area contributed by atoms with Gasteiger partial charge in [-0.2, -0.15) is 0 Å². The molecule has 0 aromatic carbocycles. The van der Waals surface area contributed by atoms with E-state index in [9.17, 15) is 4.79 Å². The number of unbranched alkanes of at least 4 members (excludes halogenated alkanes) is 2. The number of hydrogen-bond donors (Lipinski definition) is 1. The van der Waals surface area contributed by atoms with Crippen LogP contribution in [0.3, 0.4) is 0 Å². The molecule has 1 N–H and O–H groups in total. The van der Waals surface area contributed by atoms with Crippen molar-refractivity contribution in [1.82, 2.24) is 5.32 Å². The average Bonchev–Trinajstić information content (AvgIpc) is 2.17. The smallest absolute Gasteiger partial charge is 0.407 e. The molecule has 0 aliphatic rings. The summed E-state index contributed by atoms with van der Waals surface area (Å²) in [6, 6.07) is 0. The van der Waals surface area contributed by atoms with Gasteiger partial charge >= 0.3 is 6.09 Å². The summed E-state index contributed by atoms with van der Waals surface area (Å²) in [6.07, 6.45) is 5.18. The van der Waals surface area contributed by atoms with Crippen molar-refractivity contribution in [3.8, 4) is 0 Å². The van der Waals surface area contributed by atoms with Crippen LogP contribution in [0, 0.1) is 5.92 Å². The fourth-order valence-corrected chi connectivity index (χ4v) is 1.23. The van der Waals surface area contributed by atoms with Crippen LogP contribution in [0.1, 0.15) is 52.9 Å². The number of hydrogen-bond acceptors (Lipinski definition) is 2. The number of carbonyl (C=O) groups excluding carboxylic acids is 1. The lowest BCUT2D eigenvalue weighted by Gasteiger charge is -2.07. The van der Waals surface area contributed by atoms with Gasteiger partial charge in [-0.1, -0.05) is 40.0 Å². The Morgan fingerprint density at radius 3 is 2.60 bits per heavy atom. The average molecular weight is 215 g/mol. The number of carbonyl (C=O) groups is 1. The molecule has 3 nitrogen and oxygen atoms in total. The lowest BCUT2D eigenvalue weighted by atomic mass is 10.1. The van der Waals surface area contributed by atoms with Crippen molar-refractivity contribution in [3.05, 3.63) is 0 Å². The van der Waals surface area contributed by atoms with Gasteiger partial charge in [0.25, 0.3) is 0 Å². The molecule has 0 fully saturated rings. The summed E-state index contributed by atoms with van der Waals surface area (Å²) in [5, 5.41) is 2.75. The van der Waals surface area contributed by atoms with E-state index < -0.39 is 0 Å². The Morgan fingerprint density at radius 1 is 1.27 bits per heavy atom. The predicted molar refractivity (Wildman–Crippen MR) is 62.9 cm³/mol. The van der Waals surface area contributed by atoms with Crippen molar-refractivity contribution in [3.63, 3.8) is 0 Å². The molecule has 0 radical (unpaired) electrons. The van der Waals surface area contributed by atoms with Crippen LogP contribution >= 0.6 is 0 Å². The lowest BCUT2D eigenvalue weighted by Crippen LogP contribution is -2.25. The van der Waals surface area contributed by atoms with Crippen LogP contribution in [0.25, 0.3) is 0 Å². The van der Waals surface area contributed by atoms with Crippen LogP contribution in [0.15, 0.2) is 0 Å². The summed E-state index contributed by atoms with van der Waals surface area (Å²) < 4.78 is 4.96. The van der Waals surface area contributed by atoms with Gasteiger partial charge in [-0.15, -0.1) is 0 Å². The summed E-state index contributed by atoms with van der Waals surface area (Å²) in [4.78, 5) is 11.1. The Kier molecular flexibility index (Phi) is 9.33. The van der Waals surface area contributed by atoms with Crippen molar-refractivity contribution in [2.45, 2.75) is 52.9 Å². The van der Waals surface area contributed by atoms with Crippen LogP contribution in [-0.2, 0) is 4.74 Å². The molecule has 0 aromatic heterocycles. The van der Waals surface area contributed by atoms with Crippen LogP contribution in [-0.4, -0.2) is 19.2 Å². The normalized spacial score (nSPS) is 10.4. The molecule has 0 saturated carbocycles. The minimum atomic E-state index is -0.270. The van der Waals surface area contributed by atoms with Gasteiger partial charge in [0, 0.05) is 6.54 Å². The highest BCUT2D eigenvalue weighted by atomic mass is 16.5. The van der Waals surface area contributed by atoms with Gasteiger partial charge in [-0.05, 0) is 18.8 Å². The molecular formula is C12H25NO2. The van der Waals surface area contributed by atoms with Crippen LogP contribution in [0.4, 0.5) is 4.79 Å². The first-order valence-corrected chi connectivity index (χ1v) is 6.07. The SMILES string of the molecule is CCCCOC(=O)NCCCCC(C)C. The Bertz CT molecular complexity index is 158. The first-order chi connectivity index (χ1) is 7.16. The van der Waals surface area contributed by atoms with E-state index in [4.69, 9.17) is 4.74 Å². The van der Waals surface area contributed by atoms with E-state index in [-0.39, 0.29) is 6.09 Å². The first-order valence-electron chi connectivity index (χ1n) is 6.07. The molecule has 0 aliphatic carbocycles. The fraction of sp³-hybridized carbons (Fsp3) is 0.917. The summed E-state index contributed by atoms with van der Waals surface area (Å²) in [5.41, 5.74) is 0. The first kappa shape index (κ1) is 14.3. The zero-order valence-corrected chi connectivity index (χ0v) is 10.3. The highest BCUT2D eigenvalue weighted by Crippen LogP contribution is 2.05. The number of alkyl carbamates (subject to hydrolysis) is 1. The van der Waals surface area contributed by atoms with Crippen molar-refractivity contribution in [2.24, 2.45) is 5.92 Å². The summed E-state index contributed by atoms with van der Waals surface area (Å²) >= 11 is 0. The van der Waals surface area contributed by atoms with E-state index in [0.29, 0.717) is 6.61 Å². The quantitative estimate of drug-likeness (QED) is 0.631. The molecule has 90 valence electrons. The maximum Gasteiger partial charge on any atom is 0.407 e. The van der Waals surface area contributed by atoms with Crippen LogP contribution < -0.4 is 5.32 Å². The molecule has 0 atom stereocenters. The molecule has 0 aromatic rings.